The minimum absolute atomic E-state index is 0.142. The smallest absolute Gasteiger partial charge is 0.258 e. The number of amides is 1. The normalized spacial score (nSPS) is 11.2. The summed E-state index contributed by atoms with van der Waals surface area (Å²) in [5, 5.41) is 2.83. The van der Waals surface area contributed by atoms with Gasteiger partial charge in [-0.15, -0.1) is 0 Å². The number of hydrogen-bond acceptors (Lipinski definition) is 2. The molecule has 7 heteroatoms. The van der Waals surface area contributed by atoms with Gasteiger partial charge in [0, 0.05) is 17.4 Å². The molecule has 2 aromatic rings. The van der Waals surface area contributed by atoms with E-state index in [1.165, 1.54) is 6.20 Å². The number of nitrogens with one attached hydrogen (secondary N) is 1. The third-order valence-corrected chi connectivity index (χ3v) is 3.43. The number of nitrogens with zero attached hydrogens (tertiary/aromatic N) is 1. The van der Waals surface area contributed by atoms with Crippen LogP contribution in [0.15, 0.2) is 42.6 Å². The maximum absolute atomic E-state index is 12.0. The predicted molar refractivity (Wildman–Crippen MR) is 82.9 cm³/mol. The van der Waals surface area contributed by atoms with Crippen molar-refractivity contribution in [3.8, 4) is 0 Å². The van der Waals surface area contributed by atoms with Gasteiger partial charge in [-0.25, -0.2) is 4.98 Å². The van der Waals surface area contributed by atoms with Crippen LogP contribution >= 0.6 is 46.4 Å². The first-order chi connectivity index (χ1) is 9.38. The Hall–Kier alpha value is -1.00. The predicted octanol–water partition coefficient (Wildman–Crippen LogP) is 4.81. The molecule has 0 spiro atoms. The summed E-state index contributed by atoms with van der Waals surface area (Å²) in [4.78, 5) is 15.8. The molecule has 1 amide bonds. The van der Waals surface area contributed by atoms with E-state index < -0.39 is 3.79 Å². The van der Waals surface area contributed by atoms with Crippen LogP contribution in [-0.4, -0.2) is 10.9 Å². The third-order valence-electron chi connectivity index (χ3n) is 2.47. The lowest BCUT2D eigenvalue weighted by Gasteiger charge is -2.12. The highest BCUT2D eigenvalue weighted by molar-refractivity contribution is 6.66. The van der Waals surface area contributed by atoms with E-state index in [9.17, 15) is 4.79 Å². The molecule has 0 atom stereocenters. The van der Waals surface area contributed by atoms with E-state index in [1.807, 2.05) is 0 Å². The van der Waals surface area contributed by atoms with Crippen LogP contribution in [0.5, 0.6) is 0 Å². The van der Waals surface area contributed by atoms with Crippen LogP contribution in [0.25, 0.3) is 0 Å². The van der Waals surface area contributed by atoms with Crippen molar-refractivity contribution in [2.45, 2.75) is 3.79 Å². The van der Waals surface area contributed by atoms with Gasteiger partial charge in [0.15, 0.2) is 0 Å². The molecule has 0 saturated heterocycles. The van der Waals surface area contributed by atoms with Gasteiger partial charge in [0.25, 0.3) is 5.91 Å². The van der Waals surface area contributed by atoms with E-state index >= 15 is 0 Å². The molecule has 1 aromatic heterocycles. The van der Waals surface area contributed by atoms with E-state index in [0.717, 1.165) is 0 Å². The molecule has 0 unspecified atom stereocenters. The fraction of sp³-hybridized carbons (Fsp3) is 0.0769. The Labute approximate surface area is 135 Å². The monoisotopic (exact) mass is 348 g/mol. The van der Waals surface area contributed by atoms with Crippen LogP contribution < -0.4 is 5.32 Å². The zero-order chi connectivity index (χ0) is 14.8. The molecule has 0 radical (unpaired) electrons. The van der Waals surface area contributed by atoms with Crippen LogP contribution in [0.1, 0.15) is 15.9 Å². The Bertz CT molecular complexity index is 623. The highest BCUT2D eigenvalue weighted by Crippen LogP contribution is 2.38. The van der Waals surface area contributed by atoms with E-state index in [1.54, 1.807) is 36.4 Å². The highest BCUT2D eigenvalue weighted by Gasteiger charge is 2.22. The zero-order valence-corrected chi connectivity index (χ0v) is 12.9. The molecular formula is C13H8Cl4N2O. The average Bonchev–Trinajstić information content (AvgIpc) is 2.38. The number of benzene rings is 1. The summed E-state index contributed by atoms with van der Waals surface area (Å²) in [5.41, 5.74) is 1.37. The maximum atomic E-state index is 12.0. The minimum atomic E-state index is -1.49. The Morgan fingerprint density at radius 2 is 1.75 bits per heavy atom. The number of anilines is 1. The van der Waals surface area contributed by atoms with Crippen molar-refractivity contribution < 1.29 is 4.79 Å². The lowest BCUT2D eigenvalue weighted by atomic mass is 10.2. The van der Waals surface area contributed by atoms with Gasteiger partial charge in [-0.1, -0.05) is 58.5 Å². The van der Waals surface area contributed by atoms with Crippen molar-refractivity contribution in [3.05, 3.63) is 58.9 Å². The van der Waals surface area contributed by atoms with E-state index in [2.05, 4.69) is 10.3 Å². The number of alkyl halides is 3. The Kier molecular flexibility index (Phi) is 4.76. The Balaban J connectivity index is 2.15. The number of hydrogen-bond donors (Lipinski definition) is 1. The number of pyridine rings is 1. The van der Waals surface area contributed by atoms with Crippen LogP contribution in [-0.2, 0) is 3.79 Å². The fourth-order valence-electron chi connectivity index (χ4n) is 1.50. The van der Waals surface area contributed by atoms with Crippen molar-refractivity contribution in [3.63, 3.8) is 0 Å². The summed E-state index contributed by atoms with van der Waals surface area (Å²) in [7, 11) is 0. The summed E-state index contributed by atoms with van der Waals surface area (Å²) >= 11 is 23.1. The standard InChI is InChI=1S/C13H8Cl4N2O/c14-11-10(2-1-7-18-11)12(20)19-9-5-3-8(4-6-9)13(15,16)17/h1-7H,(H,19,20). The van der Waals surface area contributed by atoms with Crippen LogP contribution in [0.3, 0.4) is 0 Å². The molecule has 104 valence electrons. The molecule has 20 heavy (non-hydrogen) atoms. The molecule has 0 aliphatic rings. The maximum Gasteiger partial charge on any atom is 0.258 e. The van der Waals surface area contributed by atoms with Gasteiger partial charge in [-0.2, -0.15) is 0 Å². The summed E-state index contributed by atoms with van der Waals surface area (Å²) in [6.45, 7) is 0. The topological polar surface area (TPSA) is 42.0 Å². The first-order valence-electron chi connectivity index (χ1n) is 5.47. The summed E-state index contributed by atoms with van der Waals surface area (Å²) in [6, 6.07) is 9.73. The second-order valence-electron chi connectivity index (χ2n) is 3.87. The molecule has 3 nitrogen and oxygen atoms in total. The summed E-state index contributed by atoms with van der Waals surface area (Å²) < 4.78 is -1.49. The van der Waals surface area contributed by atoms with Gasteiger partial charge in [0.05, 0.1) is 5.56 Å². The summed E-state index contributed by atoms with van der Waals surface area (Å²) in [6.07, 6.45) is 1.51. The third kappa shape index (κ3) is 3.76. The molecule has 0 saturated carbocycles. The number of carbonyl (C=O) groups excluding carboxylic acids is 1. The fourth-order valence-corrected chi connectivity index (χ4v) is 2.08. The van der Waals surface area contributed by atoms with Crippen molar-refractivity contribution >= 4 is 58.0 Å². The van der Waals surface area contributed by atoms with Crippen molar-refractivity contribution in [2.24, 2.45) is 0 Å². The Morgan fingerprint density at radius 1 is 1.10 bits per heavy atom. The molecule has 1 heterocycles. The molecule has 0 fully saturated rings. The van der Waals surface area contributed by atoms with Crippen molar-refractivity contribution in [2.75, 3.05) is 5.32 Å². The molecular weight excluding hydrogens is 342 g/mol. The van der Waals surface area contributed by atoms with Gasteiger partial charge in [-0.05, 0) is 24.3 Å². The van der Waals surface area contributed by atoms with Crippen LogP contribution in [0, 0.1) is 0 Å². The molecule has 1 N–H and O–H groups in total. The molecule has 0 bridgehead atoms. The van der Waals surface area contributed by atoms with E-state index in [-0.39, 0.29) is 11.1 Å². The van der Waals surface area contributed by atoms with Gasteiger partial charge < -0.3 is 5.32 Å². The first-order valence-corrected chi connectivity index (χ1v) is 6.98. The summed E-state index contributed by atoms with van der Waals surface area (Å²) in [5.74, 6) is -0.357. The molecule has 1 aromatic carbocycles. The molecule has 2 rings (SSSR count). The lowest BCUT2D eigenvalue weighted by molar-refractivity contribution is 0.102. The second-order valence-corrected chi connectivity index (χ2v) is 6.51. The lowest BCUT2D eigenvalue weighted by Crippen LogP contribution is -2.13. The minimum Gasteiger partial charge on any atom is -0.322 e. The quantitative estimate of drug-likeness (QED) is 0.624. The van der Waals surface area contributed by atoms with Gasteiger partial charge in [0.2, 0.25) is 3.79 Å². The number of halogens is 4. The largest absolute Gasteiger partial charge is 0.322 e. The second kappa shape index (κ2) is 6.19. The SMILES string of the molecule is O=C(Nc1ccc(C(Cl)(Cl)Cl)cc1)c1cccnc1Cl. The van der Waals surface area contributed by atoms with E-state index in [0.29, 0.717) is 16.8 Å². The van der Waals surface area contributed by atoms with Gasteiger partial charge in [-0.3, -0.25) is 4.79 Å². The van der Waals surface area contributed by atoms with E-state index in [4.69, 9.17) is 46.4 Å². The van der Waals surface area contributed by atoms with Gasteiger partial charge in [0.1, 0.15) is 5.15 Å². The number of carbonyl (C=O) groups is 1. The Morgan fingerprint density at radius 3 is 2.30 bits per heavy atom. The molecule has 0 aliphatic heterocycles. The van der Waals surface area contributed by atoms with Gasteiger partial charge >= 0.3 is 0 Å². The highest BCUT2D eigenvalue weighted by atomic mass is 35.6. The number of aromatic nitrogens is 1. The first kappa shape index (κ1) is 15.4. The van der Waals surface area contributed by atoms with Crippen molar-refractivity contribution in [1.82, 2.24) is 4.98 Å². The van der Waals surface area contributed by atoms with Crippen LogP contribution in [0.4, 0.5) is 5.69 Å². The molecule has 0 aliphatic carbocycles. The number of rotatable bonds is 2. The van der Waals surface area contributed by atoms with Crippen LogP contribution in [0.2, 0.25) is 5.15 Å². The zero-order valence-electron chi connectivity index (χ0n) is 9.91. The van der Waals surface area contributed by atoms with Crippen molar-refractivity contribution in [1.29, 1.82) is 0 Å². The average molecular weight is 350 g/mol.